The van der Waals surface area contributed by atoms with Gasteiger partial charge in [-0.3, -0.25) is 9.13 Å². The van der Waals surface area contributed by atoms with E-state index in [1.54, 1.807) is 24.5 Å². The predicted octanol–water partition coefficient (Wildman–Crippen LogP) is 4.06. The van der Waals surface area contributed by atoms with Crippen LogP contribution in [0.5, 0.6) is 0 Å². The molecule has 3 heterocycles. The molecule has 0 saturated carbocycles. The van der Waals surface area contributed by atoms with Crippen molar-refractivity contribution in [1.29, 1.82) is 0 Å². The number of nitrogens with zero attached hydrogens (tertiary/aromatic N) is 4. The lowest BCUT2D eigenvalue weighted by molar-refractivity contribution is -0.124. The third-order valence-electron chi connectivity index (χ3n) is 4.37. The third kappa shape index (κ3) is 5.70. The first-order valence-corrected chi connectivity index (χ1v) is 12.1. The second-order valence-corrected chi connectivity index (χ2v) is 9.12. The Morgan fingerprint density at radius 3 is 2.80 bits per heavy atom. The smallest absolute Gasteiger partial charge is 0.330 e. The molecular formula is C18H27ClN5O5P. The molecule has 1 aliphatic heterocycles. The van der Waals surface area contributed by atoms with Crippen LogP contribution in [0.3, 0.4) is 0 Å². The Balaban J connectivity index is 1.89. The van der Waals surface area contributed by atoms with Gasteiger partial charge in [0.25, 0.3) is 0 Å². The first-order chi connectivity index (χ1) is 14.5. The first kappa shape index (κ1) is 23.0. The lowest BCUT2D eigenvalue weighted by atomic mass is 10.2. The van der Waals surface area contributed by atoms with Crippen LogP contribution in [0.1, 0.15) is 39.5 Å². The fourth-order valence-corrected chi connectivity index (χ4v) is 4.88. The van der Waals surface area contributed by atoms with Crippen molar-refractivity contribution in [3.8, 4) is 0 Å². The van der Waals surface area contributed by atoms with Crippen molar-refractivity contribution in [2.24, 2.45) is 0 Å². The average Bonchev–Trinajstić information content (AvgIpc) is 3.12. The molecule has 1 fully saturated rings. The van der Waals surface area contributed by atoms with Crippen molar-refractivity contribution in [2.75, 3.05) is 31.7 Å². The molecule has 2 aromatic rings. The predicted molar refractivity (Wildman–Crippen MR) is 114 cm³/mol. The van der Waals surface area contributed by atoms with Crippen LogP contribution >= 0.6 is 19.2 Å². The Hall–Kier alpha value is -1.71. The largest absolute Gasteiger partial charge is 0.449 e. The van der Waals surface area contributed by atoms with Crippen LogP contribution in [0.15, 0.2) is 12.4 Å². The van der Waals surface area contributed by atoms with Crippen LogP contribution in [-0.2, 0) is 23.1 Å². The van der Waals surface area contributed by atoms with Crippen LogP contribution in [0, 0.1) is 0 Å². The maximum Gasteiger partial charge on any atom is 0.330 e. The quantitative estimate of drug-likeness (QED) is 0.318. The van der Waals surface area contributed by atoms with E-state index in [2.05, 4.69) is 15.0 Å². The molecule has 0 radical (unpaired) electrons. The molecule has 1 saturated heterocycles. The van der Waals surface area contributed by atoms with E-state index in [9.17, 15) is 4.57 Å². The maximum absolute atomic E-state index is 12.8. The van der Waals surface area contributed by atoms with E-state index in [0.29, 0.717) is 43.3 Å². The van der Waals surface area contributed by atoms with Gasteiger partial charge in [0.2, 0.25) is 12.2 Å². The summed E-state index contributed by atoms with van der Waals surface area (Å²) in [5.41, 5.74) is 6.57. The highest BCUT2D eigenvalue weighted by molar-refractivity contribution is 7.53. The van der Waals surface area contributed by atoms with Gasteiger partial charge in [0.05, 0.1) is 26.0 Å². The zero-order valence-electron chi connectivity index (χ0n) is 17.1. The first-order valence-electron chi connectivity index (χ1n) is 9.98. The summed E-state index contributed by atoms with van der Waals surface area (Å²) in [6.45, 7) is 4.81. The molecule has 3 rings (SSSR count). The number of aromatic nitrogens is 4. The minimum absolute atomic E-state index is 0.0275. The summed E-state index contributed by atoms with van der Waals surface area (Å²) in [6, 6.07) is 0. The van der Waals surface area contributed by atoms with Gasteiger partial charge < -0.3 is 24.3 Å². The normalized spacial score (nSPS) is 18.1. The van der Waals surface area contributed by atoms with Crippen molar-refractivity contribution in [3.05, 3.63) is 17.6 Å². The van der Waals surface area contributed by atoms with Crippen LogP contribution in [-0.4, -0.2) is 51.8 Å². The van der Waals surface area contributed by atoms with E-state index in [0.717, 1.165) is 19.3 Å². The lowest BCUT2D eigenvalue weighted by Crippen LogP contribution is -2.23. The third-order valence-corrected chi connectivity index (χ3v) is 6.74. The summed E-state index contributed by atoms with van der Waals surface area (Å²) in [7, 11) is -3.18. The van der Waals surface area contributed by atoms with Crippen molar-refractivity contribution in [3.63, 3.8) is 0 Å². The molecule has 1 aliphatic rings. The number of halogens is 1. The lowest BCUT2D eigenvalue weighted by Gasteiger charge is -2.25. The van der Waals surface area contributed by atoms with E-state index in [1.807, 2.05) is 0 Å². The molecule has 0 bridgehead atoms. The van der Waals surface area contributed by atoms with E-state index in [-0.39, 0.29) is 17.3 Å². The summed E-state index contributed by atoms with van der Waals surface area (Å²) < 4.78 is 36.9. The fourth-order valence-electron chi connectivity index (χ4n) is 3.09. The van der Waals surface area contributed by atoms with E-state index >= 15 is 0 Å². The number of nitrogens with two attached hydrogens (primary N) is 1. The molecule has 1 atom stereocenters. The Morgan fingerprint density at radius 2 is 2.13 bits per heavy atom. The van der Waals surface area contributed by atoms with E-state index in [4.69, 9.17) is 35.9 Å². The van der Waals surface area contributed by atoms with Gasteiger partial charge in [0.1, 0.15) is 11.8 Å². The number of allylic oxidation sites excluding steroid dienone is 1. The standard InChI is InChI=1S/C18H27ClN5O5P/c1-3-27-30(25,28-4-2)11-7-8-13(29-14-9-5-6-10-26-14)24-12-21-15-16(19)22-18(20)23-17(15)24/h8,12,14H,3-7,9-11H2,1-2H3,(H2,20,22,23). The highest BCUT2D eigenvalue weighted by Crippen LogP contribution is 2.48. The summed E-state index contributed by atoms with van der Waals surface area (Å²) in [5.74, 6) is 0.456. The molecule has 30 heavy (non-hydrogen) atoms. The summed E-state index contributed by atoms with van der Waals surface area (Å²) in [5, 5.41) is 0.154. The van der Waals surface area contributed by atoms with Gasteiger partial charge in [-0.05, 0) is 39.2 Å². The van der Waals surface area contributed by atoms with Crippen LogP contribution < -0.4 is 5.73 Å². The summed E-state index contributed by atoms with van der Waals surface area (Å²) in [6.07, 6.45) is 6.28. The molecule has 2 aromatic heterocycles. The average molecular weight is 460 g/mol. The highest BCUT2D eigenvalue weighted by atomic mass is 35.5. The molecule has 1 unspecified atom stereocenters. The Morgan fingerprint density at radius 1 is 1.37 bits per heavy atom. The number of anilines is 1. The SMILES string of the molecule is CCOP(=O)(CCC=C(OC1CCCCO1)n1cnc2c(Cl)nc(N)nc21)OCC. The second kappa shape index (κ2) is 10.5. The summed E-state index contributed by atoms with van der Waals surface area (Å²) in [4.78, 5) is 12.4. The fraction of sp³-hybridized carbons (Fsp3) is 0.611. The van der Waals surface area contributed by atoms with Crippen LogP contribution in [0.4, 0.5) is 5.95 Å². The number of ether oxygens (including phenoxy) is 2. The zero-order valence-corrected chi connectivity index (χ0v) is 18.8. The maximum atomic E-state index is 12.8. The summed E-state index contributed by atoms with van der Waals surface area (Å²) >= 11 is 6.14. The van der Waals surface area contributed by atoms with Crippen molar-refractivity contribution in [2.45, 2.75) is 45.8 Å². The minimum Gasteiger partial charge on any atom is -0.449 e. The number of hydrogen-bond acceptors (Lipinski definition) is 9. The van der Waals surface area contributed by atoms with Gasteiger partial charge in [-0.15, -0.1) is 0 Å². The van der Waals surface area contributed by atoms with Gasteiger partial charge in [-0.2, -0.15) is 9.97 Å². The highest BCUT2D eigenvalue weighted by Gasteiger charge is 2.24. The van der Waals surface area contributed by atoms with Gasteiger partial charge in [0, 0.05) is 6.42 Å². The van der Waals surface area contributed by atoms with Gasteiger partial charge in [-0.1, -0.05) is 11.6 Å². The molecule has 0 aliphatic carbocycles. The molecule has 0 spiro atoms. The number of hydrogen-bond donors (Lipinski definition) is 1. The number of fused-ring (bicyclic) bond motifs is 1. The number of imidazole rings is 1. The van der Waals surface area contributed by atoms with Gasteiger partial charge >= 0.3 is 7.60 Å². The Bertz CT molecular complexity index is 921. The van der Waals surface area contributed by atoms with Crippen molar-refractivity contribution in [1.82, 2.24) is 19.5 Å². The minimum atomic E-state index is -3.18. The van der Waals surface area contributed by atoms with Gasteiger partial charge in [-0.25, -0.2) is 4.98 Å². The zero-order chi connectivity index (χ0) is 21.6. The molecule has 2 N–H and O–H groups in total. The van der Waals surface area contributed by atoms with E-state index < -0.39 is 13.9 Å². The van der Waals surface area contributed by atoms with Crippen LogP contribution in [0.25, 0.3) is 17.0 Å². The molecule has 0 aromatic carbocycles. The molecule has 0 amide bonds. The van der Waals surface area contributed by atoms with Crippen LogP contribution in [0.2, 0.25) is 5.15 Å². The Kier molecular flexibility index (Phi) is 8.07. The molecular weight excluding hydrogens is 433 g/mol. The van der Waals surface area contributed by atoms with Crippen molar-refractivity contribution >= 4 is 42.2 Å². The Labute approximate surface area is 180 Å². The number of rotatable bonds is 10. The number of nitrogen functional groups attached to an aromatic ring is 1. The molecule has 166 valence electrons. The second-order valence-electron chi connectivity index (χ2n) is 6.57. The van der Waals surface area contributed by atoms with Crippen molar-refractivity contribution < 1.29 is 23.1 Å². The van der Waals surface area contributed by atoms with Gasteiger partial charge in [0.15, 0.2) is 16.7 Å². The van der Waals surface area contributed by atoms with E-state index in [1.165, 1.54) is 6.33 Å². The topological polar surface area (TPSA) is 124 Å². The monoisotopic (exact) mass is 459 g/mol. The molecule has 12 heteroatoms. The molecule has 10 nitrogen and oxygen atoms in total.